The van der Waals surface area contributed by atoms with Crippen LogP contribution < -0.4 is 4.90 Å². The minimum Gasteiger partial charge on any atom is -0.459 e. The third-order valence-electron chi connectivity index (χ3n) is 2.79. The van der Waals surface area contributed by atoms with Crippen LogP contribution in [0.5, 0.6) is 0 Å². The third kappa shape index (κ3) is 3.33. The molecular weight excluding hydrogens is 278 g/mol. The quantitative estimate of drug-likeness (QED) is 0.566. The van der Waals surface area contributed by atoms with Gasteiger partial charge in [-0.15, -0.1) is 0 Å². The molecule has 7 nitrogen and oxygen atoms in total. The van der Waals surface area contributed by atoms with Crippen molar-refractivity contribution < 1.29 is 29.3 Å². The van der Waals surface area contributed by atoms with E-state index in [9.17, 15) is 14.4 Å². The van der Waals surface area contributed by atoms with Crippen molar-refractivity contribution in [1.29, 1.82) is 0 Å². The highest BCUT2D eigenvalue weighted by molar-refractivity contribution is 6.28. The van der Waals surface area contributed by atoms with Crippen molar-refractivity contribution in [3.05, 3.63) is 42.0 Å². The third-order valence-corrected chi connectivity index (χ3v) is 2.79. The Morgan fingerprint density at radius 2 is 1.71 bits per heavy atom. The Balaban J connectivity index is 2.04. The summed E-state index contributed by atoms with van der Waals surface area (Å²) in [6.45, 7) is -0.817. The van der Waals surface area contributed by atoms with Crippen LogP contribution in [0.3, 0.4) is 0 Å². The van der Waals surface area contributed by atoms with Crippen molar-refractivity contribution in [2.24, 2.45) is 0 Å². The summed E-state index contributed by atoms with van der Waals surface area (Å²) in [6, 6.07) is 5.70. The molecule has 1 atom stereocenters. The molecule has 2 N–H and O–H groups in total. The van der Waals surface area contributed by atoms with Crippen LogP contribution >= 0.6 is 0 Å². The van der Waals surface area contributed by atoms with Crippen LogP contribution in [-0.2, 0) is 14.3 Å². The predicted molar refractivity (Wildman–Crippen MR) is 71.5 cm³/mol. The second-order valence-electron chi connectivity index (χ2n) is 4.33. The fourth-order valence-electron chi connectivity index (χ4n) is 1.71. The summed E-state index contributed by atoms with van der Waals surface area (Å²) in [5.41, 5.74) is 0.554. The van der Waals surface area contributed by atoms with Gasteiger partial charge in [-0.05, 0) is 24.3 Å². The number of nitrogens with zero attached hydrogens (tertiary/aromatic N) is 1. The maximum absolute atomic E-state index is 11.7. The van der Waals surface area contributed by atoms with Gasteiger partial charge in [-0.25, -0.2) is 9.69 Å². The average molecular weight is 291 g/mol. The maximum Gasteiger partial charge on any atom is 0.338 e. The van der Waals surface area contributed by atoms with Crippen molar-refractivity contribution in [3.63, 3.8) is 0 Å². The van der Waals surface area contributed by atoms with Crippen LogP contribution in [-0.4, -0.2) is 47.3 Å². The number of esters is 1. The van der Waals surface area contributed by atoms with Gasteiger partial charge >= 0.3 is 5.97 Å². The molecule has 1 heterocycles. The Morgan fingerprint density at radius 3 is 2.24 bits per heavy atom. The number of carbonyl (C=O) groups excluding carboxylic acids is 3. The van der Waals surface area contributed by atoms with E-state index in [0.29, 0.717) is 5.69 Å². The standard InChI is InChI=1S/C14H13NO6/c16-7-11(17)8-21-14(20)9-1-3-10(4-2-9)15-12(18)5-6-13(15)19/h1-6,11,16-17H,7-8H2. The molecule has 0 fully saturated rings. The normalized spacial score (nSPS) is 15.4. The molecule has 7 heteroatoms. The van der Waals surface area contributed by atoms with Crippen LogP contribution in [0, 0.1) is 0 Å². The maximum atomic E-state index is 11.7. The summed E-state index contributed by atoms with van der Waals surface area (Å²) in [5, 5.41) is 17.7. The van der Waals surface area contributed by atoms with Crippen LogP contribution in [0.2, 0.25) is 0 Å². The lowest BCUT2D eigenvalue weighted by molar-refractivity contribution is -0.119. The van der Waals surface area contributed by atoms with Crippen molar-refractivity contribution in [1.82, 2.24) is 0 Å². The molecule has 1 aromatic rings. The van der Waals surface area contributed by atoms with Gasteiger partial charge in [0.1, 0.15) is 12.7 Å². The van der Waals surface area contributed by atoms with Gasteiger partial charge in [0.05, 0.1) is 17.9 Å². The Kier molecular flexibility index (Phi) is 4.46. The summed E-state index contributed by atoms with van der Waals surface area (Å²) < 4.78 is 4.78. The number of aliphatic hydroxyl groups is 2. The Labute approximate surface area is 120 Å². The zero-order chi connectivity index (χ0) is 15.4. The van der Waals surface area contributed by atoms with E-state index in [4.69, 9.17) is 14.9 Å². The molecule has 0 spiro atoms. The molecule has 0 radical (unpaired) electrons. The molecular formula is C14H13NO6. The van der Waals surface area contributed by atoms with E-state index in [-0.39, 0.29) is 12.2 Å². The van der Waals surface area contributed by atoms with E-state index in [1.54, 1.807) is 0 Å². The highest BCUT2D eigenvalue weighted by atomic mass is 16.5. The van der Waals surface area contributed by atoms with E-state index in [1.807, 2.05) is 0 Å². The molecule has 0 saturated carbocycles. The Morgan fingerprint density at radius 1 is 1.14 bits per heavy atom. The Bertz CT molecular complexity index is 574. The molecule has 110 valence electrons. The lowest BCUT2D eigenvalue weighted by Crippen LogP contribution is -2.29. The summed E-state index contributed by atoms with van der Waals surface area (Å²) in [5.74, 6) is -1.56. The van der Waals surface area contributed by atoms with E-state index in [0.717, 1.165) is 4.90 Å². The molecule has 1 aliphatic rings. The lowest BCUT2D eigenvalue weighted by atomic mass is 10.2. The minimum absolute atomic E-state index is 0.205. The number of carbonyl (C=O) groups is 3. The molecule has 21 heavy (non-hydrogen) atoms. The first-order valence-electron chi connectivity index (χ1n) is 6.15. The van der Waals surface area contributed by atoms with Gasteiger partial charge in [0.15, 0.2) is 0 Å². The summed E-state index contributed by atoms with van der Waals surface area (Å²) in [4.78, 5) is 35.6. The van der Waals surface area contributed by atoms with Crippen molar-refractivity contribution in [2.75, 3.05) is 18.1 Å². The van der Waals surface area contributed by atoms with E-state index >= 15 is 0 Å². The molecule has 0 aromatic heterocycles. The number of rotatable bonds is 5. The number of benzene rings is 1. The van der Waals surface area contributed by atoms with Gasteiger partial charge in [-0.1, -0.05) is 0 Å². The van der Waals surface area contributed by atoms with Crippen molar-refractivity contribution >= 4 is 23.5 Å². The van der Waals surface area contributed by atoms with E-state index in [2.05, 4.69) is 0 Å². The number of anilines is 1. The number of aliphatic hydroxyl groups excluding tert-OH is 2. The smallest absolute Gasteiger partial charge is 0.338 e. The van der Waals surface area contributed by atoms with Gasteiger partial charge in [-0.3, -0.25) is 9.59 Å². The second kappa shape index (κ2) is 6.29. The van der Waals surface area contributed by atoms with Crippen LogP contribution in [0.25, 0.3) is 0 Å². The number of hydrogen-bond donors (Lipinski definition) is 2. The number of hydrogen-bond acceptors (Lipinski definition) is 6. The van der Waals surface area contributed by atoms with Gasteiger partial charge < -0.3 is 14.9 Å². The summed E-state index contributed by atoms with van der Waals surface area (Å²) >= 11 is 0. The zero-order valence-electron chi connectivity index (χ0n) is 10.9. The first kappa shape index (κ1) is 14.9. The zero-order valence-corrected chi connectivity index (χ0v) is 10.9. The monoisotopic (exact) mass is 291 g/mol. The summed E-state index contributed by atoms with van der Waals surface area (Å²) in [6.07, 6.45) is 1.21. The van der Waals surface area contributed by atoms with Gasteiger partial charge in [-0.2, -0.15) is 0 Å². The predicted octanol–water partition coefficient (Wildman–Crippen LogP) is -0.374. The molecule has 0 saturated heterocycles. The topological polar surface area (TPSA) is 104 Å². The fourth-order valence-corrected chi connectivity index (χ4v) is 1.71. The first-order chi connectivity index (χ1) is 10.0. The highest BCUT2D eigenvalue weighted by Gasteiger charge is 2.25. The van der Waals surface area contributed by atoms with Crippen LogP contribution in [0.4, 0.5) is 5.69 Å². The minimum atomic E-state index is -1.13. The molecule has 0 aliphatic carbocycles. The molecule has 1 aliphatic heterocycles. The SMILES string of the molecule is O=C(OCC(O)CO)c1ccc(N2C(=O)C=CC2=O)cc1. The van der Waals surface area contributed by atoms with Crippen molar-refractivity contribution in [3.8, 4) is 0 Å². The largest absolute Gasteiger partial charge is 0.459 e. The second-order valence-corrected chi connectivity index (χ2v) is 4.33. The summed E-state index contributed by atoms with van der Waals surface area (Å²) in [7, 11) is 0. The number of imide groups is 1. The first-order valence-corrected chi connectivity index (χ1v) is 6.15. The highest BCUT2D eigenvalue weighted by Crippen LogP contribution is 2.19. The average Bonchev–Trinajstić information content (AvgIpc) is 2.83. The number of ether oxygens (including phenoxy) is 1. The Hall–Kier alpha value is -2.51. The van der Waals surface area contributed by atoms with Gasteiger partial charge in [0.25, 0.3) is 11.8 Å². The van der Waals surface area contributed by atoms with Gasteiger partial charge in [0, 0.05) is 12.2 Å². The molecule has 1 unspecified atom stereocenters. The molecule has 2 rings (SSSR count). The van der Waals surface area contributed by atoms with E-state index < -0.39 is 30.5 Å². The number of amides is 2. The van der Waals surface area contributed by atoms with Crippen molar-refractivity contribution in [2.45, 2.75) is 6.10 Å². The lowest BCUT2D eigenvalue weighted by Gasteiger charge is -2.14. The van der Waals surface area contributed by atoms with Crippen LogP contribution in [0.15, 0.2) is 36.4 Å². The molecule has 1 aromatic carbocycles. The van der Waals surface area contributed by atoms with Gasteiger partial charge in [0.2, 0.25) is 0 Å². The van der Waals surface area contributed by atoms with Crippen LogP contribution in [0.1, 0.15) is 10.4 Å². The fraction of sp³-hybridized carbons (Fsp3) is 0.214. The van der Waals surface area contributed by atoms with E-state index in [1.165, 1.54) is 36.4 Å². The molecule has 0 bridgehead atoms. The molecule has 2 amide bonds.